The molecular weight excluding hydrogens is 732 g/mol. The maximum absolute atomic E-state index is 14.5. The van der Waals surface area contributed by atoms with Gasteiger partial charge in [0.25, 0.3) is 10.0 Å². The average molecular weight is 765 g/mol. The van der Waals surface area contributed by atoms with Crippen LogP contribution in [0, 0.1) is 3.57 Å². The molecule has 0 fully saturated rings. The molecule has 4 aromatic rings. The molecule has 0 aliphatic carbocycles. The third kappa shape index (κ3) is 8.53. The zero-order chi connectivity index (χ0) is 31.7. The molecule has 11 heteroatoms. The van der Waals surface area contributed by atoms with Gasteiger partial charge in [-0.1, -0.05) is 84.7 Å². The summed E-state index contributed by atoms with van der Waals surface area (Å²) in [6, 6.07) is 28.2. The average Bonchev–Trinajstić information content (AvgIpc) is 3.03. The Bertz CT molecular complexity index is 1650. The lowest BCUT2D eigenvalue weighted by molar-refractivity contribution is -0.140. The lowest BCUT2D eigenvalue weighted by atomic mass is 10.0. The number of carbonyl (C=O) groups excluding carboxylic acids is 2. The normalized spacial score (nSPS) is 11.9. The summed E-state index contributed by atoms with van der Waals surface area (Å²) in [6.07, 6.45) is 0.892. The Labute approximate surface area is 282 Å². The van der Waals surface area contributed by atoms with E-state index >= 15 is 0 Å². The maximum atomic E-state index is 14.5. The van der Waals surface area contributed by atoms with Crippen LogP contribution in [0.1, 0.15) is 24.5 Å². The topological polar surface area (TPSA) is 86.8 Å². The minimum absolute atomic E-state index is 0.0357. The Balaban J connectivity index is 1.82. The third-order valence-corrected chi connectivity index (χ3v) is 10.2. The first-order valence-corrected chi connectivity index (χ1v) is 17.3. The monoisotopic (exact) mass is 763 g/mol. The lowest BCUT2D eigenvalue weighted by Gasteiger charge is -2.34. The van der Waals surface area contributed by atoms with Crippen LogP contribution in [0.2, 0.25) is 10.0 Å². The molecule has 0 bridgehead atoms. The fourth-order valence-corrected chi connectivity index (χ4v) is 6.94. The number of sulfonamides is 1. The van der Waals surface area contributed by atoms with Crippen molar-refractivity contribution < 1.29 is 18.0 Å². The molecule has 4 aromatic carbocycles. The number of amides is 2. The van der Waals surface area contributed by atoms with Gasteiger partial charge in [-0.15, -0.1) is 0 Å². The van der Waals surface area contributed by atoms with E-state index in [2.05, 4.69) is 27.9 Å². The van der Waals surface area contributed by atoms with Crippen LogP contribution in [0.15, 0.2) is 108 Å². The summed E-state index contributed by atoms with van der Waals surface area (Å²) in [5.41, 5.74) is 1.60. The van der Waals surface area contributed by atoms with E-state index in [-0.39, 0.29) is 23.8 Å². The van der Waals surface area contributed by atoms with Crippen molar-refractivity contribution in [2.75, 3.05) is 17.4 Å². The molecule has 1 unspecified atom stereocenters. The fourth-order valence-electron chi connectivity index (χ4n) is 4.63. The first-order chi connectivity index (χ1) is 21.1. The number of nitrogens with one attached hydrogen (secondary N) is 1. The molecule has 44 heavy (non-hydrogen) atoms. The van der Waals surface area contributed by atoms with E-state index in [0.29, 0.717) is 34.3 Å². The molecule has 0 radical (unpaired) electrons. The number of benzene rings is 4. The molecule has 0 aliphatic heterocycles. The van der Waals surface area contributed by atoms with E-state index in [1.807, 2.05) is 37.3 Å². The van der Waals surface area contributed by atoms with E-state index in [0.717, 1.165) is 13.4 Å². The van der Waals surface area contributed by atoms with E-state index in [1.54, 1.807) is 60.7 Å². The van der Waals surface area contributed by atoms with Gasteiger partial charge in [0.15, 0.2) is 0 Å². The van der Waals surface area contributed by atoms with Gasteiger partial charge in [-0.2, -0.15) is 0 Å². The minimum Gasteiger partial charge on any atom is -0.354 e. The highest BCUT2D eigenvalue weighted by Crippen LogP contribution is 2.29. The predicted molar refractivity (Wildman–Crippen MR) is 184 cm³/mol. The molecule has 0 spiro atoms. The molecule has 7 nitrogen and oxygen atoms in total. The summed E-state index contributed by atoms with van der Waals surface area (Å²) >= 11 is 15.2. The second kappa shape index (κ2) is 15.7. The SMILES string of the molecule is CCCNC(=O)C(Cc1ccccc1)N(Cc1c(Cl)cccc1Cl)C(=O)CN(c1ccc(I)cc1)S(=O)(=O)c1ccccc1. The zero-order valence-corrected chi connectivity index (χ0v) is 28.5. The standard InChI is InChI=1S/C33H32Cl2IN3O4S/c1-2-20-37-33(41)31(21-24-10-5-3-6-11-24)38(22-28-29(34)14-9-15-30(28)35)32(40)23-39(26-18-16-25(36)17-19-26)44(42,43)27-12-7-4-8-13-27/h3-19,31H,2,20-23H2,1H3,(H,37,41). The highest BCUT2D eigenvalue weighted by atomic mass is 127. The van der Waals surface area contributed by atoms with Crippen molar-refractivity contribution in [3.63, 3.8) is 0 Å². The molecule has 4 rings (SSSR count). The molecule has 1 atom stereocenters. The molecule has 0 saturated carbocycles. The van der Waals surface area contributed by atoms with Gasteiger partial charge in [0.05, 0.1) is 10.6 Å². The van der Waals surface area contributed by atoms with Gasteiger partial charge >= 0.3 is 0 Å². The number of halogens is 3. The molecule has 0 aromatic heterocycles. The predicted octanol–water partition coefficient (Wildman–Crippen LogP) is 6.96. The van der Waals surface area contributed by atoms with Crippen molar-refractivity contribution in [1.29, 1.82) is 0 Å². The van der Waals surface area contributed by atoms with Crippen LogP contribution in [0.3, 0.4) is 0 Å². The quantitative estimate of drug-likeness (QED) is 0.149. The van der Waals surface area contributed by atoms with Gasteiger partial charge in [0, 0.05) is 38.7 Å². The van der Waals surface area contributed by atoms with Crippen LogP contribution in [-0.4, -0.2) is 44.3 Å². The molecule has 230 valence electrons. The number of hydrogen-bond donors (Lipinski definition) is 1. The lowest BCUT2D eigenvalue weighted by Crippen LogP contribution is -2.53. The second-order valence-electron chi connectivity index (χ2n) is 10.0. The van der Waals surface area contributed by atoms with Crippen molar-refractivity contribution in [3.8, 4) is 0 Å². The van der Waals surface area contributed by atoms with E-state index in [4.69, 9.17) is 23.2 Å². The van der Waals surface area contributed by atoms with Gasteiger partial charge in [-0.3, -0.25) is 13.9 Å². The van der Waals surface area contributed by atoms with Gasteiger partial charge in [0.1, 0.15) is 12.6 Å². The molecular formula is C33H32Cl2IN3O4S. The van der Waals surface area contributed by atoms with Gasteiger partial charge in [0.2, 0.25) is 11.8 Å². The summed E-state index contributed by atoms with van der Waals surface area (Å²) in [5.74, 6) is -0.953. The Hall–Kier alpha value is -3.12. The summed E-state index contributed by atoms with van der Waals surface area (Å²) in [5, 5.41) is 3.57. The minimum atomic E-state index is -4.17. The molecule has 1 N–H and O–H groups in total. The second-order valence-corrected chi connectivity index (χ2v) is 13.9. The fraction of sp³-hybridized carbons (Fsp3) is 0.212. The van der Waals surface area contributed by atoms with Crippen molar-refractivity contribution in [1.82, 2.24) is 10.2 Å². The Morgan fingerprint density at radius 3 is 2.02 bits per heavy atom. The first-order valence-electron chi connectivity index (χ1n) is 14.0. The number of anilines is 1. The largest absolute Gasteiger partial charge is 0.354 e. The highest BCUT2D eigenvalue weighted by Gasteiger charge is 2.35. The van der Waals surface area contributed by atoms with Crippen LogP contribution in [0.4, 0.5) is 5.69 Å². The van der Waals surface area contributed by atoms with Gasteiger partial charge in [-0.25, -0.2) is 8.42 Å². The Kier molecular flexibility index (Phi) is 12.1. The van der Waals surface area contributed by atoms with Crippen molar-refractivity contribution >= 4 is 73.3 Å². The number of hydrogen-bond acceptors (Lipinski definition) is 4. The highest BCUT2D eigenvalue weighted by molar-refractivity contribution is 14.1. The van der Waals surface area contributed by atoms with Crippen LogP contribution in [-0.2, 0) is 32.6 Å². The Morgan fingerprint density at radius 2 is 1.43 bits per heavy atom. The summed E-state index contributed by atoms with van der Waals surface area (Å²) < 4.78 is 30.0. The maximum Gasteiger partial charge on any atom is 0.264 e. The Morgan fingerprint density at radius 1 is 0.841 bits per heavy atom. The van der Waals surface area contributed by atoms with E-state index in [9.17, 15) is 18.0 Å². The smallest absolute Gasteiger partial charge is 0.264 e. The molecule has 0 saturated heterocycles. The zero-order valence-electron chi connectivity index (χ0n) is 24.0. The number of carbonyl (C=O) groups is 2. The summed E-state index contributed by atoms with van der Waals surface area (Å²) in [4.78, 5) is 29.6. The van der Waals surface area contributed by atoms with Crippen molar-refractivity contribution in [3.05, 3.63) is 128 Å². The molecule has 0 aliphatic rings. The van der Waals surface area contributed by atoms with E-state index < -0.39 is 28.5 Å². The van der Waals surface area contributed by atoms with Crippen LogP contribution < -0.4 is 9.62 Å². The van der Waals surface area contributed by atoms with E-state index in [1.165, 1.54) is 17.0 Å². The number of nitrogens with zero attached hydrogens (tertiary/aromatic N) is 2. The van der Waals surface area contributed by atoms with Crippen LogP contribution in [0.5, 0.6) is 0 Å². The van der Waals surface area contributed by atoms with Crippen LogP contribution >= 0.6 is 45.8 Å². The van der Waals surface area contributed by atoms with Crippen molar-refractivity contribution in [2.45, 2.75) is 37.2 Å². The summed E-state index contributed by atoms with van der Waals surface area (Å²) in [7, 11) is -4.17. The first kappa shape index (κ1) is 33.8. The van der Waals surface area contributed by atoms with Gasteiger partial charge < -0.3 is 10.2 Å². The number of rotatable bonds is 13. The third-order valence-electron chi connectivity index (χ3n) is 6.94. The van der Waals surface area contributed by atoms with Crippen LogP contribution in [0.25, 0.3) is 0 Å². The summed E-state index contributed by atoms with van der Waals surface area (Å²) in [6.45, 7) is 1.68. The van der Waals surface area contributed by atoms with Crippen molar-refractivity contribution in [2.24, 2.45) is 0 Å². The van der Waals surface area contributed by atoms with Gasteiger partial charge in [-0.05, 0) is 83.1 Å². The molecule has 2 amide bonds. The molecule has 0 heterocycles.